The van der Waals surface area contributed by atoms with Gasteiger partial charge in [0.15, 0.2) is 16.1 Å². The highest BCUT2D eigenvalue weighted by Gasteiger charge is 2.50. The Labute approximate surface area is 311 Å². The highest BCUT2D eigenvalue weighted by atomic mass is 28.3. The highest BCUT2D eigenvalue weighted by Crippen LogP contribution is 2.38. The van der Waals surface area contributed by atoms with Crippen LogP contribution in [0.3, 0.4) is 0 Å². The lowest BCUT2D eigenvalue weighted by Gasteiger charge is -2.40. The maximum atomic E-state index is 6.65. The normalized spacial score (nSPS) is 14.9. The third-order valence-corrected chi connectivity index (χ3v) is 21.4. The molecule has 4 heteroatoms. The molecule has 250 valence electrons. The Kier molecular flexibility index (Phi) is 6.69. The summed E-state index contributed by atoms with van der Waals surface area (Å²) < 4.78 is 13.3. The molecule has 2 aliphatic heterocycles. The molecule has 0 saturated carbocycles. The molecule has 0 bridgehead atoms. The first-order valence-electron chi connectivity index (χ1n) is 18.4. The molecule has 3 aliphatic rings. The number of rotatable bonds is 4. The molecule has 2 nitrogen and oxygen atoms in total. The van der Waals surface area contributed by atoms with Crippen LogP contribution in [0, 0.1) is 0 Å². The summed E-state index contributed by atoms with van der Waals surface area (Å²) in [6.07, 6.45) is 0.928. The van der Waals surface area contributed by atoms with Crippen LogP contribution in [-0.4, -0.2) is 16.1 Å². The molecular formula is C49H34O2Si2. The summed E-state index contributed by atoms with van der Waals surface area (Å²) in [6.45, 7) is 0. The number of hydrogen-bond acceptors (Lipinski definition) is 2. The van der Waals surface area contributed by atoms with Crippen molar-refractivity contribution in [2.75, 3.05) is 0 Å². The van der Waals surface area contributed by atoms with Crippen LogP contribution in [-0.2, 0) is 6.42 Å². The summed E-state index contributed by atoms with van der Waals surface area (Å²) >= 11 is 0. The molecule has 1 aliphatic carbocycles. The fourth-order valence-electron chi connectivity index (χ4n) is 9.58. The summed E-state index contributed by atoms with van der Waals surface area (Å²) in [7, 11) is -5.56. The Hall–Kier alpha value is -6.21. The van der Waals surface area contributed by atoms with E-state index >= 15 is 0 Å². The molecule has 0 unspecified atom stereocenters. The van der Waals surface area contributed by atoms with Gasteiger partial charge in [-0.25, -0.2) is 0 Å². The average Bonchev–Trinajstić information content (AvgIpc) is 3.60. The number of hydrogen-bond donors (Lipinski definition) is 0. The van der Waals surface area contributed by atoms with Gasteiger partial charge in [0.1, 0.15) is 23.0 Å². The largest absolute Gasteiger partial charge is 0.458 e. The fraction of sp³-hybridized carbons (Fsp3) is 0.0204. The van der Waals surface area contributed by atoms with Gasteiger partial charge in [0.25, 0.3) is 0 Å². The smallest absolute Gasteiger partial charge is 0.188 e. The molecule has 0 saturated heterocycles. The highest BCUT2D eigenvalue weighted by molar-refractivity contribution is 7.21. The Balaban J connectivity index is 1.18. The summed E-state index contributed by atoms with van der Waals surface area (Å²) in [5.41, 5.74) is 5.45. The molecule has 0 atom stereocenters. The van der Waals surface area contributed by atoms with Gasteiger partial charge >= 0.3 is 0 Å². The van der Waals surface area contributed by atoms with Crippen LogP contribution < -0.4 is 51.0 Å². The van der Waals surface area contributed by atoms with E-state index in [9.17, 15) is 0 Å². The summed E-state index contributed by atoms with van der Waals surface area (Å²) in [4.78, 5) is 0. The van der Waals surface area contributed by atoms with Crippen molar-refractivity contribution in [3.05, 3.63) is 205 Å². The summed E-state index contributed by atoms with van der Waals surface area (Å²) in [6, 6.07) is 72.0. The number of benzene rings is 8. The lowest BCUT2D eigenvalue weighted by Crippen LogP contribution is -2.76. The summed E-state index contributed by atoms with van der Waals surface area (Å²) in [5.74, 6) is 3.82. The lowest BCUT2D eigenvalue weighted by atomic mass is 10.1. The van der Waals surface area contributed by atoms with E-state index in [1.54, 1.807) is 0 Å². The zero-order valence-electron chi connectivity index (χ0n) is 29.0. The molecule has 0 radical (unpaired) electrons. The quantitative estimate of drug-likeness (QED) is 0.202. The van der Waals surface area contributed by atoms with Crippen molar-refractivity contribution in [2.45, 2.75) is 6.42 Å². The predicted molar refractivity (Wildman–Crippen MR) is 222 cm³/mol. The van der Waals surface area contributed by atoms with Crippen LogP contribution in [0.25, 0.3) is 11.1 Å². The molecule has 0 aromatic heterocycles. The molecule has 0 fully saturated rings. The van der Waals surface area contributed by atoms with E-state index in [0.29, 0.717) is 0 Å². The van der Waals surface area contributed by atoms with Crippen molar-refractivity contribution in [1.82, 2.24) is 0 Å². The van der Waals surface area contributed by atoms with Crippen molar-refractivity contribution < 1.29 is 9.47 Å². The van der Waals surface area contributed by atoms with Gasteiger partial charge in [0.05, 0.1) is 0 Å². The second-order valence-electron chi connectivity index (χ2n) is 14.3. The van der Waals surface area contributed by atoms with Crippen LogP contribution in [0.4, 0.5) is 0 Å². The van der Waals surface area contributed by atoms with Crippen LogP contribution in [0.15, 0.2) is 194 Å². The van der Waals surface area contributed by atoms with Crippen molar-refractivity contribution >= 4 is 57.6 Å². The average molecular weight is 711 g/mol. The second kappa shape index (κ2) is 11.7. The number of fused-ring (bicyclic) bond motifs is 7. The van der Waals surface area contributed by atoms with E-state index in [2.05, 4.69) is 194 Å². The van der Waals surface area contributed by atoms with Gasteiger partial charge in [-0.1, -0.05) is 170 Å². The lowest BCUT2D eigenvalue weighted by molar-refractivity contribution is 0.487. The maximum absolute atomic E-state index is 6.65. The zero-order chi connectivity index (χ0) is 35.0. The topological polar surface area (TPSA) is 18.5 Å². The molecule has 0 spiro atoms. The van der Waals surface area contributed by atoms with E-state index in [-0.39, 0.29) is 0 Å². The van der Waals surface area contributed by atoms with Gasteiger partial charge in [0.2, 0.25) is 0 Å². The molecule has 11 rings (SSSR count). The Bertz CT molecular complexity index is 2440. The Morgan fingerprint density at radius 2 is 0.623 bits per heavy atom. The number of ether oxygens (including phenoxy) is 2. The van der Waals surface area contributed by atoms with Gasteiger partial charge < -0.3 is 9.47 Å². The zero-order valence-corrected chi connectivity index (χ0v) is 31.0. The van der Waals surface area contributed by atoms with Crippen LogP contribution in [0.2, 0.25) is 0 Å². The van der Waals surface area contributed by atoms with Crippen LogP contribution >= 0.6 is 0 Å². The standard InChI is InChI=1S/C49H34O2Si2/c1-3-15-36(16-4-1)52(46-23-11-7-19-42(46)50-43-20-8-12-24-47(43)52)38-29-27-34-31-35-28-30-39(33-41(35)40(34)32-38)53(37-17-5-2-6-18-37)48-25-13-9-21-44(48)51-45-22-10-14-26-49(45)53/h1-30,32-33H,31H2. The van der Waals surface area contributed by atoms with E-state index in [1.807, 2.05) is 0 Å². The minimum absolute atomic E-state index is 0.928. The Morgan fingerprint density at radius 3 is 0.981 bits per heavy atom. The first-order valence-corrected chi connectivity index (χ1v) is 22.4. The van der Waals surface area contributed by atoms with Crippen molar-refractivity contribution in [1.29, 1.82) is 0 Å². The maximum Gasteiger partial charge on any atom is 0.188 e. The second-order valence-corrected chi connectivity index (χ2v) is 21.8. The van der Waals surface area contributed by atoms with Gasteiger partial charge in [-0.05, 0) is 94.4 Å². The summed E-state index contributed by atoms with van der Waals surface area (Å²) in [5, 5.41) is 10.7. The molecular weight excluding hydrogens is 677 g/mol. The third kappa shape index (κ3) is 4.25. The first-order chi connectivity index (χ1) is 26.3. The number of para-hydroxylation sites is 4. The molecule has 2 heterocycles. The van der Waals surface area contributed by atoms with E-state index in [4.69, 9.17) is 9.47 Å². The Morgan fingerprint density at radius 1 is 0.302 bits per heavy atom. The first kappa shape index (κ1) is 30.4. The van der Waals surface area contributed by atoms with E-state index in [0.717, 1.165) is 29.4 Å². The van der Waals surface area contributed by atoms with Gasteiger partial charge in [0, 0.05) is 0 Å². The third-order valence-electron chi connectivity index (χ3n) is 11.8. The molecule has 0 N–H and O–H groups in total. The molecule has 53 heavy (non-hydrogen) atoms. The van der Waals surface area contributed by atoms with Gasteiger partial charge in [-0.2, -0.15) is 0 Å². The van der Waals surface area contributed by atoms with Crippen LogP contribution in [0.1, 0.15) is 11.1 Å². The van der Waals surface area contributed by atoms with E-state index in [1.165, 1.54) is 63.7 Å². The molecule has 0 amide bonds. The van der Waals surface area contributed by atoms with Gasteiger partial charge in [-0.3, -0.25) is 0 Å². The molecule has 8 aromatic carbocycles. The van der Waals surface area contributed by atoms with Crippen LogP contribution in [0.5, 0.6) is 23.0 Å². The predicted octanol–water partition coefficient (Wildman–Crippen LogP) is 6.22. The minimum Gasteiger partial charge on any atom is -0.458 e. The van der Waals surface area contributed by atoms with E-state index < -0.39 is 16.1 Å². The van der Waals surface area contributed by atoms with Crippen molar-refractivity contribution in [3.63, 3.8) is 0 Å². The van der Waals surface area contributed by atoms with Gasteiger partial charge in [-0.15, -0.1) is 0 Å². The SMILES string of the molecule is c1ccc([Si]2(c3ccc4c(c3)-c3cc([Si]5(c6ccccc6)c6ccccc6Oc6ccccc65)ccc3C4)c3ccccc3Oc3ccccc32)cc1. The van der Waals surface area contributed by atoms with Crippen molar-refractivity contribution in [3.8, 4) is 34.1 Å². The monoisotopic (exact) mass is 710 g/mol. The molecule has 8 aromatic rings. The van der Waals surface area contributed by atoms with Crippen molar-refractivity contribution in [2.24, 2.45) is 0 Å². The fourth-order valence-corrected chi connectivity index (χ4v) is 19.5. The minimum atomic E-state index is -2.78.